The normalized spacial score (nSPS) is 17.6. The zero-order valence-corrected chi connectivity index (χ0v) is 14.5. The molecule has 0 radical (unpaired) electrons. The molecule has 1 saturated heterocycles. The van der Waals surface area contributed by atoms with Crippen molar-refractivity contribution in [1.82, 2.24) is 14.4 Å². The first-order valence-electron chi connectivity index (χ1n) is 7.50. The molecule has 1 aliphatic rings. The van der Waals surface area contributed by atoms with E-state index in [0.717, 1.165) is 0 Å². The van der Waals surface area contributed by atoms with Gasteiger partial charge in [0.05, 0.1) is 12.7 Å². The zero-order chi connectivity index (χ0) is 16.3. The van der Waals surface area contributed by atoms with Crippen LogP contribution in [-0.2, 0) is 21.2 Å². The number of hydrogen-bond donors (Lipinski definition) is 0. The fourth-order valence-corrected chi connectivity index (χ4v) is 5.15. The maximum atomic E-state index is 12.4. The largest absolute Gasteiger partial charge is 0.378 e. The van der Waals surface area contributed by atoms with E-state index in [1.54, 1.807) is 28.7 Å². The summed E-state index contributed by atoms with van der Waals surface area (Å²) in [6, 6.07) is 3.41. The van der Waals surface area contributed by atoms with E-state index in [0.29, 0.717) is 54.9 Å². The third-order valence-electron chi connectivity index (χ3n) is 3.74. The highest BCUT2D eigenvalue weighted by molar-refractivity contribution is 7.91. The summed E-state index contributed by atoms with van der Waals surface area (Å²) in [5.74, 6) is 1.19. The number of thiophene rings is 1. The van der Waals surface area contributed by atoms with E-state index in [1.165, 1.54) is 11.3 Å². The fourth-order valence-electron chi connectivity index (χ4n) is 2.54. The van der Waals surface area contributed by atoms with Gasteiger partial charge in [-0.2, -0.15) is 9.29 Å². The van der Waals surface area contributed by atoms with Crippen LogP contribution in [0.15, 0.2) is 26.2 Å². The highest BCUT2D eigenvalue weighted by Gasteiger charge is 2.30. The minimum atomic E-state index is -3.34. The first-order chi connectivity index (χ1) is 11.1. The number of hydrogen-bond acceptors (Lipinski definition) is 7. The molecule has 126 valence electrons. The Morgan fingerprint density at radius 1 is 1.43 bits per heavy atom. The number of piperidine rings is 1. The minimum Gasteiger partial charge on any atom is -0.378 e. The molecule has 2 aromatic rings. The summed E-state index contributed by atoms with van der Waals surface area (Å²) < 4.78 is 37.5. The molecule has 23 heavy (non-hydrogen) atoms. The van der Waals surface area contributed by atoms with Gasteiger partial charge in [0, 0.05) is 26.4 Å². The van der Waals surface area contributed by atoms with Gasteiger partial charge in [0.15, 0.2) is 5.82 Å². The number of rotatable bonds is 6. The van der Waals surface area contributed by atoms with E-state index in [9.17, 15) is 8.42 Å². The molecule has 0 spiro atoms. The molecule has 7 nitrogen and oxygen atoms in total. The monoisotopic (exact) mass is 357 g/mol. The van der Waals surface area contributed by atoms with Crippen LogP contribution in [0.2, 0.25) is 0 Å². The van der Waals surface area contributed by atoms with Gasteiger partial charge in [-0.05, 0) is 24.3 Å². The SMILES string of the molecule is Cc1nc(CCOC2CCN(S(=O)(=O)c3cccs3)CC2)no1. The Hall–Kier alpha value is -1.29. The Morgan fingerprint density at radius 2 is 2.22 bits per heavy atom. The molecule has 0 unspecified atom stereocenters. The van der Waals surface area contributed by atoms with Crippen molar-refractivity contribution in [2.75, 3.05) is 19.7 Å². The summed E-state index contributed by atoms with van der Waals surface area (Å²) in [5.41, 5.74) is 0. The van der Waals surface area contributed by atoms with Crippen molar-refractivity contribution in [2.24, 2.45) is 0 Å². The molecule has 0 aromatic carbocycles. The van der Waals surface area contributed by atoms with Crippen molar-refractivity contribution >= 4 is 21.4 Å². The second-order valence-corrected chi connectivity index (χ2v) is 8.50. The summed E-state index contributed by atoms with van der Waals surface area (Å²) in [4.78, 5) is 4.12. The van der Waals surface area contributed by atoms with Crippen molar-refractivity contribution in [1.29, 1.82) is 0 Å². The van der Waals surface area contributed by atoms with Gasteiger partial charge >= 0.3 is 0 Å². The quantitative estimate of drug-likeness (QED) is 0.784. The van der Waals surface area contributed by atoms with Gasteiger partial charge in [-0.1, -0.05) is 11.2 Å². The van der Waals surface area contributed by atoms with Gasteiger partial charge in [0.25, 0.3) is 10.0 Å². The first-order valence-corrected chi connectivity index (χ1v) is 9.82. The lowest BCUT2D eigenvalue weighted by Crippen LogP contribution is -2.40. The molecular weight excluding hydrogens is 338 g/mol. The van der Waals surface area contributed by atoms with Crippen molar-refractivity contribution in [3.8, 4) is 0 Å². The Bertz CT molecular complexity index is 719. The molecule has 0 N–H and O–H groups in total. The van der Waals surface area contributed by atoms with E-state index in [1.807, 2.05) is 0 Å². The molecule has 0 atom stereocenters. The standard InChI is InChI=1S/C14H19N3O4S2/c1-11-15-13(16-21-11)6-9-20-12-4-7-17(8-5-12)23(18,19)14-3-2-10-22-14/h2-3,10,12H,4-9H2,1H3. The molecule has 0 aliphatic carbocycles. The number of nitrogens with zero attached hydrogens (tertiary/aromatic N) is 3. The van der Waals surface area contributed by atoms with Crippen molar-refractivity contribution in [3.63, 3.8) is 0 Å². The van der Waals surface area contributed by atoms with Crippen LogP contribution in [0, 0.1) is 6.92 Å². The van der Waals surface area contributed by atoms with Gasteiger partial charge < -0.3 is 9.26 Å². The number of aryl methyl sites for hydroxylation is 1. The van der Waals surface area contributed by atoms with Crippen LogP contribution in [-0.4, -0.2) is 48.7 Å². The molecule has 2 aromatic heterocycles. The van der Waals surface area contributed by atoms with E-state index in [-0.39, 0.29) is 6.10 Å². The highest BCUT2D eigenvalue weighted by atomic mass is 32.2. The molecule has 0 amide bonds. The van der Waals surface area contributed by atoms with Crippen LogP contribution in [0.5, 0.6) is 0 Å². The Morgan fingerprint density at radius 3 is 2.83 bits per heavy atom. The Labute approximate surface area is 139 Å². The fraction of sp³-hybridized carbons (Fsp3) is 0.571. The zero-order valence-electron chi connectivity index (χ0n) is 12.8. The van der Waals surface area contributed by atoms with Crippen LogP contribution in [0.4, 0.5) is 0 Å². The van der Waals surface area contributed by atoms with E-state index in [2.05, 4.69) is 10.1 Å². The van der Waals surface area contributed by atoms with Crippen molar-refractivity contribution in [2.45, 2.75) is 36.5 Å². The summed E-state index contributed by atoms with van der Waals surface area (Å²) in [7, 11) is -3.34. The topological polar surface area (TPSA) is 85.5 Å². The number of ether oxygens (including phenoxy) is 1. The molecule has 0 saturated carbocycles. The summed E-state index contributed by atoms with van der Waals surface area (Å²) in [6.07, 6.45) is 2.09. The maximum Gasteiger partial charge on any atom is 0.252 e. The molecule has 9 heteroatoms. The lowest BCUT2D eigenvalue weighted by Gasteiger charge is -2.30. The van der Waals surface area contributed by atoms with Gasteiger partial charge in [-0.15, -0.1) is 11.3 Å². The Balaban J connectivity index is 1.45. The first kappa shape index (κ1) is 16.6. The number of sulfonamides is 1. The predicted octanol–water partition coefficient (Wildman–Crippen LogP) is 1.85. The van der Waals surface area contributed by atoms with Crippen LogP contribution in [0.3, 0.4) is 0 Å². The summed E-state index contributed by atoms with van der Waals surface area (Å²) >= 11 is 1.25. The van der Waals surface area contributed by atoms with Crippen LogP contribution >= 0.6 is 11.3 Å². The smallest absolute Gasteiger partial charge is 0.252 e. The third-order valence-corrected chi connectivity index (χ3v) is 7.01. The van der Waals surface area contributed by atoms with Gasteiger partial charge in [0.2, 0.25) is 5.89 Å². The Kier molecular flexibility index (Phi) is 5.10. The molecule has 0 bridgehead atoms. The van der Waals surface area contributed by atoms with Crippen LogP contribution in [0.25, 0.3) is 0 Å². The second-order valence-electron chi connectivity index (χ2n) is 5.39. The third kappa shape index (κ3) is 3.97. The highest BCUT2D eigenvalue weighted by Crippen LogP contribution is 2.25. The number of aromatic nitrogens is 2. The minimum absolute atomic E-state index is 0.0813. The second kappa shape index (κ2) is 7.08. The predicted molar refractivity (Wildman–Crippen MR) is 84.8 cm³/mol. The van der Waals surface area contributed by atoms with E-state index < -0.39 is 10.0 Å². The molecular formula is C14H19N3O4S2. The summed E-state index contributed by atoms with van der Waals surface area (Å²) in [6.45, 7) is 3.25. The van der Waals surface area contributed by atoms with Crippen LogP contribution < -0.4 is 0 Å². The molecule has 1 fully saturated rings. The van der Waals surface area contributed by atoms with Crippen molar-refractivity contribution in [3.05, 3.63) is 29.2 Å². The molecule has 3 heterocycles. The van der Waals surface area contributed by atoms with E-state index in [4.69, 9.17) is 9.26 Å². The average Bonchev–Trinajstić information content (AvgIpc) is 3.20. The van der Waals surface area contributed by atoms with E-state index >= 15 is 0 Å². The van der Waals surface area contributed by atoms with Gasteiger partial charge in [-0.3, -0.25) is 0 Å². The van der Waals surface area contributed by atoms with Crippen molar-refractivity contribution < 1.29 is 17.7 Å². The average molecular weight is 357 g/mol. The lowest BCUT2D eigenvalue weighted by atomic mass is 10.1. The molecule has 1 aliphatic heterocycles. The van der Waals surface area contributed by atoms with Gasteiger partial charge in [0.1, 0.15) is 4.21 Å². The van der Waals surface area contributed by atoms with Gasteiger partial charge in [-0.25, -0.2) is 8.42 Å². The lowest BCUT2D eigenvalue weighted by molar-refractivity contribution is 0.0222. The summed E-state index contributed by atoms with van der Waals surface area (Å²) in [5, 5.41) is 5.60. The molecule has 3 rings (SSSR count). The maximum absolute atomic E-state index is 12.4. The van der Waals surface area contributed by atoms with Crippen LogP contribution in [0.1, 0.15) is 24.6 Å².